The number of nitrogens with zero attached hydrogens (tertiary/aromatic N) is 3. The van der Waals surface area contributed by atoms with E-state index in [1.54, 1.807) is 18.9 Å². The number of hydrogen-bond acceptors (Lipinski definition) is 9. The van der Waals surface area contributed by atoms with E-state index in [4.69, 9.17) is 9.31 Å². The molecule has 0 bridgehead atoms. The van der Waals surface area contributed by atoms with Crippen LogP contribution in [0.4, 0.5) is 0 Å². The van der Waals surface area contributed by atoms with Gasteiger partial charge in [-0.05, 0) is 45.2 Å². The second-order valence-corrected chi connectivity index (χ2v) is 10.6. The molecule has 1 N–H and O–H groups in total. The summed E-state index contributed by atoms with van der Waals surface area (Å²) >= 11 is 0. The molecule has 2 aromatic rings. The predicted octanol–water partition coefficient (Wildman–Crippen LogP) is 2.88. The molecule has 10 nitrogen and oxygen atoms in total. The molecule has 1 saturated heterocycles. The van der Waals surface area contributed by atoms with Crippen molar-refractivity contribution in [1.82, 2.24) is 20.2 Å². The van der Waals surface area contributed by atoms with Gasteiger partial charge in [0.1, 0.15) is 11.7 Å². The largest absolute Gasteiger partial charge is 0.602 e. The average molecular weight is 536 g/mol. The minimum Gasteiger partial charge on any atom is -0.499 e. The van der Waals surface area contributed by atoms with Crippen molar-refractivity contribution in [2.24, 2.45) is 5.92 Å². The van der Waals surface area contributed by atoms with E-state index in [2.05, 4.69) is 15.3 Å². The zero-order valence-electron chi connectivity index (χ0n) is 23.2. The monoisotopic (exact) mass is 536 g/mol. The Hall–Kier alpha value is -3.60. The molecule has 208 valence electrons. The van der Waals surface area contributed by atoms with E-state index >= 15 is 0 Å². The van der Waals surface area contributed by atoms with Crippen LogP contribution in [0.15, 0.2) is 48.9 Å². The number of Topliss-reactive ketones (excluding diaryl/α,β-unsaturated/α-hetero) is 1. The first-order chi connectivity index (χ1) is 18.5. The Bertz CT molecular complexity index is 1130. The van der Waals surface area contributed by atoms with Crippen LogP contribution < -0.4 is 5.32 Å². The number of carbonyl (C=O) groups is 4. The van der Waals surface area contributed by atoms with Gasteiger partial charge in [-0.1, -0.05) is 44.2 Å². The SMILES string of the molecule is CC(C)C[C@H](CC(=O)[C@H](Cc1ccccc1)NC(=O)c1cnccn1)B1OC(=O)C[C@H](C)N(C)[C@H](C)C(=O)O1. The van der Waals surface area contributed by atoms with Gasteiger partial charge < -0.3 is 14.6 Å². The number of likely N-dealkylation sites (N-methyl/N-ethyl adjacent to an activating group) is 1. The molecule has 0 spiro atoms. The van der Waals surface area contributed by atoms with Gasteiger partial charge in [0.15, 0.2) is 5.78 Å². The zero-order chi connectivity index (χ0) is 28.5. The van der Waals surface area contributed by atoms with Crippen LogP contribution in [0, 0.1) is 5.92 Å². The van der Waals surface area contributed by atoms with Crippen molar-refractivity contribution < 1.29 is 28.5 Å². The van der Waals surface area contributed by atoms with E-state index in [0.29, 0.717) is 6.42 Å². The third-order valence-corrected chi connectivity index (χ3v) is 6.98. The molecule has 0 aliphatic carbocycles. The molecule has 1 aliphatic heterocycles. The van der Waals surface area contributed by atoms with E-state index < -0.39 is 42.9 Å². The van der Waals surface area contributed by atoms with Gasteiger partial charge in [0.2, 0.25) is 0 Å². The third kappa shape index (κ3) is 8.71. The fourth-order valence-electron chi connectivity index (χ4n) is 4.58. The lowest BCUT2D eigenvalue weighted by atomic mass is 9.64. The van der Waals surface area contributed by atoms with Gasteiger partial charge in [-0.2, -0.15) is 0 Å². The van der Waals surface area contributed by atoms with Crippen LogP contribution in [-0.2, 0) is 30.1 Å². The fraction of sp³-hybridized carbons (Fsp3) is 0.500. The van der Waals surface area contributed by atoms with Crippen molar-refractivity contribution in [2.75, 3.05) is 7.05 Å². The summed E-state index contributed by atoms with van der Waals surface area (Å²) in [5.74, 6) is -2.30. The number of nitrogens with one attached hydrogen (secondary N) is 1. The molecule has 0 saturated carbocycles. The molecule has 0 radical (unpaired) electrons. The van der Waals surface area contributed by atoms with Crippen LogP contribution >= 0.6 is 0 Å². The second kappa shape index (κ2) is 14.0. The smallest absolute Gasteiger partial charge is 0.499 e. The normalized spacial score (nSPS) is 20.2. The maximum atomic E-state index is 13.8. The lowest BCUT2D eigenvalue weighted by Gasteiger charge is -2.28. The maximum Gasteiger partial charge on any atom is 0.602 e. The van der Waals surface area contributed by atoms with Gasteiger partial charge in [0, 0.05) is 30.7 Å². The summed E-state index contributed by atoms with van der Waals surface area (Å²) in [6, 6.07) is 7.64. The van der Waals surface area contributed by atoms with Crippen molar-refractivity contribution in [2.45, 2.75) is 77.3 Å². The molecule has 4 atom stereocenters. The average Bonchev–Trinajstić information content (AvgIpc) is 2.94. The quantitative estimate of drug-likeness (QED) is 0.456. The van der Waals surface area contributed by atoms with E-state index in [1.165, 1.54) is 18.6 Å². The molecular formula is C28H37BN4O6. The summed E-state index contributed by atoms with van der Waals surface area (Å²) in [6.45, 7) is 7.51. The Balaban J connectivity index is 1.86. The Morgan fingerprint density at radius 1 is 1.13 bits per heavy atom. The van der Waals surface area contributed by atoms with Crippen LogP contribution in [0.1, 0.15) is 63.0 Å². The van der Waals surface area contributed by atoms with Crippen LogP contribution in [0.5, 0.6) is 0 Å². The number of rotatable bonds is 10. The minimum atomic E-state index is -1.22. The molecule has 1 aromatic carbocycles. The molecule has 11 heteroatoms. The van der Waals surface area contributed by atoms with E-state index in [-0.39, 0.29) is 42.7 Å². The van der Waals surface area contributed by atoms with E-state index in [0.717, 1.165) is 5.56 Å². The van der Waals surface area contributed by atoms with Gasteiger partial charge in [-0.3, -0.25) is 29.1 Å². The number of amides is 1. The molecule has 3 rings (SSSR count). The molecule has 39 heavy (non-hydrogen) atoms. The number of ketones is 1. The summed E-state index contributed by atoms with van der Waals surface area (Å²) in [5.41, 5.74) is 0.954. The van der Waals surface area contributed by atoms with Crippen molar-refractivity contribution in [3.05, 3.63) is 60.2 Å². The minimum absolute atomic E-state index is 0.0680. The first-order valence-electron chi connectivity index (χ1n) is 13.3. The second-order valence-electron chi connectivity index (χ2n) is 10.6. The highest BCUT2D eigenvalue weighted by Crippen LogP contribution is 2.29. The number of benzene rings is 1. The van der Waals surface area contributed by atoms with Crippen LogP contribution in [0.3, 0.4) is 0 Å². The molecule has 1 aliphatic rings. The molecular weight excluding hydrogens is 499 g/mol. The van der Waals surface area contributed by atoms with Gasteiger partial charge >= 0.3 is 13.1 Å². The molecule has 1 amide bonds. The first kappa shape index (κ1) is 30.0. The lowest BCUT2D eigenvalue weighted by molar-refractivity contribution is -0.142. The van der Waals surface area contributed by atoms with Crippen LogP contribution in [-0.4, -0.2) is 70.8 Å². The Morgan fingerprint density at radius 3 is 2.49 bits per heavy atom. The highest BCUT2D eigenvalue weighted by Gasteiger charge is 2.43. The highest BCUT2D eigenvalue weighted by atomic mass is 16.6. The highest BCUT2D eigenvalue weighted by molar-refractivity contribution is 6.51. The zero-order valence-corrected chi connectivity index (χ0v) is 23.2. The summed E-state index contributed by atoms with van der Waals surface area (Å²) in [5, 5.41) is 2.80. The van der Waals surface area contributed by atoms with Crippen molar-refractivity contribution in [3.63, 3.8) is 0 Å². The fourth-order valence-corrected chi connectivity index (χ4v) is 4.58. The Morgan fingerprint density at radius 2 is 1.85 bits per heavy atom. The van der Waals surface area contributed by atoms with Crippen LogP contribution in [0.25, 0.3) is 0 Å². The molecule has 1 fully saturated rings. The first-order valence-corrected chi connectivity index (χ1v) is 13.3. The van der Waals surface area contributed by atoms with Gasteiger partial charge in [0.25, 0.3) is 11.9 Å². The lowest BCUT2D eigenvalue weighted by Crippen LogP contribution is -2.45. The summed E-state index contributed by atoms with van der Waals surface area (Å²) in [4.78, 5) is 62.1. The van der Waals surface area contributed by atoms with E-state index in [1.807, 2.05) is 51.1 Å². The van der Waals surface area contributed by atoms with Crippen molar-refractivity contribution in [3.8, 4) is 0 Å². The summed E-state index contributed by atoms with van der Waals surface area (Å²) in [7, 11) is 0.540. The van der Waals surface area contributed by atoms with Gasteiger partial charge in [-0.15, -0.1) is 0 Å². The number of aromatic nitrogens is 2. The third-order valence-electron chi connectivity index (χ3n) is 6.98. The molecule has 2 heterocycles. The molecule has 0 unspecified atom stereocenters. The van der Waals surface area contributed by atoms with Crippen molar-refractivity contribution >= 4 is 30.7 Å². The van der Waals surface area contributed by atoms with E-state index in [9.17, 15) is 19.2 Å². The number of carbonyl (C=O) groups excluding carboxylic acids is 4. The Labute approximate surface area is 230 Å². The molecule has 1 aromatic heterocycles. The van der Waals surface area contributed by atoms with Crippen molar-refractivity contribution in [1.29, 1.82) is 0 Å². The predicted molar refractivity (Wildman–Crippen MR) is 146 cm³/mol. The van der Waals surface area contributed by atoms with Crippen LogP contribution in [0.2, 0.25) is 5.82 Å². The summed E-state index contributed by atoms with van der Waals surface area (Å²) in [6.07, 6.45) is 4.93. The standard InChI is InChI=1S/C28H37BN4O6/c1-18(2)13-22(29-38-26(35)14-19(3)33(5)20(4)28(37)39-29)16-25(34)23(15-21-9-7-6-8-10-21)32-27(36)24-17-30-11-12-31-24/h6-12,17-20,22-23H,13-16H2,1-5H3,(H,32,36)/t19-,20+,22+,23-/m0/s1. The van der Waals surface area contributed by atoms with Gasteiger partial charge in [-0.25, -0.2) is 4.98 Å². The Kier molecular flexibility index (Phi) is 10.7. The van der Waals surface area contributed by atoms with Gasteiger partial charge in [0.05, 0.1) is 18.7 Å². The number of hydrogen-bond donors (Lipinski definition) is 1. The summed E-state index contributed by atoms with van der Waals surface area (Å²) < 4.78 is 11.4. The topological polar surface area (TPSA) is 128 Å². The maximum absolute atomic E-state index is 13.8.